The summed E-state index contributed by atoms with van der Waals surface area (Å²) in [4.78, 5) is 0. The van der Waals surface area contributed by atoms with Gasteiger partial charge in [-0.1, -0.05) is 6.42 Å². The summed E-state index contributed by atoms with van der Waals surface area (Å²) in [5.41, 5.74) is 0. The van der Waals surface area contributed by atoms with E-state index in [9.17, 15) is 8.42 Å². The first-order valence-corrected chi connectivity index (χ1v) is 8.58. The smallest absolute Gasteiger partial charge is 0.213 e. The van der Waals surface area contributed by atoms with Crippen LogP contribution in [0.4, 0.5) is 0 Å². The number of sulfonamides is 1. The van der Waals surface area contributed by atoms with Gasteiger partial charge in [-0.25, -0.2) is 13.1 Å². The molecule has 6 heteroatoms. The van der Waals surface area contributed by atoms with E-state index in [1.807, 2.05) is 0 Å². The molecule has 1 saturated heterocycles. The Morgan fingerprint density at radius 3 is 2.72 bits per heavy atom. The number of rotatable bonds is 5. The summed E-state index contributed by atoms with van der Waals surface area (Å²) in [6.07, 6.45) is 5.70. The quantitative estimate of drug-likeness (QED) is 0.671. The van der Waals surface area contributed by atoms with Crippen molar-refractivity contribution in [3.63, 3.8) is 0 Å². The zero-order valence-corrected chi connectivity index (χ0v) is 11.6. The van der Waals surface area contributed by atoms with Crippen molar-refractivity contribution in [3.8, 4) is 0 Å². The van der Waals surface area contributed by atoms with Gasteiger partial charge in [0.05, 0.1) is 5.75 Å². The van der Waals surface area contributed by atoms with Crippen molar-refractivity contribution >= 4 is 10.0 Å². The SMILES string of the molecule is O=S(=O)(CC1CCCN1)NC1CCCC(CO)C1. The van der Waals surface area contributed by atoms with E-state index < -0.39 is 10.0 Å². The molecule has 2 fully saturated rings. The van der Waals surface area contributed by atoms with Crippen molar-refractivity contribution in [1.82, 2.24) is 10.0 Å². The van der Waals surface area contributed by atoms with Crippen LogP contribution < -0.4 is 10.0 Å². The predicted octanol–water partition coefficient (Wildman–Crippen LogP) is 0.209. The van der Waals surface area contributed by atoms with E-state index >= 15 is 0 Å². The molecule has 2 rings (SSSR count). The van der Waals surface area contributed by atoms with Crippen LogP contribution in [0, 0.1) is 5.92 Å². The minimum absolute atomic E-state index is 0.0160. The molecular formula is C12H24N2O3S. The van der Waals surface area contributed by atoms with Gasteiger partial charge in [0.25, 0.3) is 0 Å². The standard InChI is InChI=1S/C12H24N2O3S/c15-8-10-3-1-4-11(7-10)14-18(16,17)9-12-5-2-6-13-12/h10-15H,1-9H2. The lowest BCUT2D eigenvalue weighted by Crippen LogP contribution is -2.43. The highest BCUT2D eigenvalue weighted by atomic mass is 32.2. The fourth-order valence-electron chi connectivity index (χ4n) is 3.03. The number of nitrogens with one attached hydrogen (secondary N) is 2. The summed E-state index contributed by atoms with van der Waals surface area (Å²) in [5, 5.41) is 12.4. The molecule has 1 aliphatic heterocycles. The number of hydrogen-bond donors (Lipinski definition) is 3. The van der Waals surface area contributed by atoms with Crippen LogP contribution in [0.1, 0.15) is 38.5 Å². The second-order valence-corrected chi connectivity index (χ2v) is 7.40. The molecule has 0 aromatic carbocycles. The van der Waals surface area contributed by atoms with E-state index in [0.29, 0.717) is 0 Å². The highest BCUT2D eigenvalue weighted by Gasteiger charge is 2.27. The number of hydrogen-bond acceptors (Lipinski definition) is 4. The lowest BCUT2D eigenvalue weighted by molar-refractivity contribution is 0.177. The molecule has 0 radical (unpaired) electrons. The van der Waals surface area contributed by atoms with Crippen molar-refractivity contribution in [2.24, 2.45) is 5.92 Å². The Morgan fingerprint density at radius 1 is 1.22 bits per heavy atom. The molecule has 3 N–H and O–H groups in total. The Morgan fingerprint density at radius 2 is 2.06 bits per heavy atom. The molecular weight excluding hydrogens is 252 g/mol. The molecule has 1 aliphatic carbocycles. The third kappa shape index (κ3) is 4.19. The topological polar surface area (TPSA) is 78.4 Å². The first-order chi connectivity index (χ1) is 8.59. The van der Waals surface area contributed by atoms with Gasteiger partial charge >= 0.3 is 0 Å². The summed E-state index contributed by atoms with van der Waals surface area (Å²) >= 11 is 0. The summed E-state index contributed by atoms with van der Waals surface area (Å²) in [6.45, 7) is 1.10. The summed E-state index contributed by atoms with van der Waals surface area (Å²) in [7, 11) is -3.19. The third-order valence-electron chi connectivity index (χ3n) is 3.97. The minimum Gasteiger partial charge on any atom is -0.396 e. The number of aliphatic hydroxyl groups is 1. The van der Waals surface area contributed by atoms with Gasteiger partial charge in [0, 0.05) is 18.7 Å². The molecule has 18 heavy (non-hydrogen) atoms. The zero-order valence-electron chi connectivity index (χ0n) is 10.8. The molecule has 5 nitrogen and oxygen atoms in total. The van der Waals surface area contributed by atoms with Gasteiger partial charge in [-0.3, -0.25) is 0 Å². The Hall–Kier alpha value is -0.170. The molecule has 2 aliphatic rings. The van der Waals surface area contributed by atoms with Crippen LogP contribution in [-0.2, 0) is 10.0 Å². The minimum atomic E-state index is -3.19. The van der Waals surface area contributed by atoms with Crippen LogP contribution in [0.3, 0.4) is 0 Å². The monoisotopic (exact) mass is 276 g/mol. The summed E-state index contributed by atoms with van der Waals surface area (Å²) < 4.78 is 26.9. The molecule has 3 atom stereocenters. The van der Waals surface area contributed by atoms with Crippen LogP contribution in [-0.4, -0.2) is 44.5 Å². The molecule has 0 amide bonds. The van der Waals surface area contributed by atoms with Crippen LogP contribution >= 0.6 is 0 Å². The van der Waals surface area contributed by atoms with Gasteiger partial charge in [0.15, 0.2) is 0 Å². The van der Waals surface area contributed by atoms with Gasteiger partial charge in [-0.15, -0.1) is 0 Å². The first-order valence-electron chi connectivity index (χ1n) is 6.93. The van der Waals surface area contributed by atoms with Gasteiger partial charge in [-0.05, 0) is 44.6 Å². The third-order valence-corrected chi connectivity index (χ3v) is 5.50. The van der Waals surface area contributed by atoms with Gasteiger partial charge in [-0.2, -0.15) is 0 Å². The Bertz CT molecular complexity index is 352. The van der Waals surface area contributed by atoms with Gasteiger partial charge in [0.1, 0.15) is 0 Å². The largest absolute Gasteiger partial charge is 0.396 e. The second kappa shape index (κ2) is 6.32. The van der Waals surface area contributed by atoms with Crippen LogP contribution in [0.5, 0.6) is 0 Å². The summed E-state index contributed by atoms with van der Waals surface area (Å²) in [5.74, 6) is 0.448. The lowest BCUT2D eigenvalue weighted by Gasteiger charge is -2.28. The van der Waals surface area contributed by atoms with Crippen LogP contribution in [0.2, 0.25) is 0 Å². The average molecular weight is 276 g/mol. The maximum atomic E-state index is 12.0. The maximum absolute atomic E-state index is 12.0. The van der Waals surface area contributed by atoms with Crippen molar-refractivity contribution in [2.75, 3.05) is 18.9 Å². The molecule has 106 valence electrons. The lowest BCUT2D eigenvalue weighted by atomic mass is 9.87. The molecule has 0 spiro atoms. The molecule has 0 bridgehead atoms. The predicted molar refractivity (Wildman–Crippen MR) is 70.8 cm³/mol. The normalized spacial score (nSPS) is 33.7. The van der Waals surface area contributed by atoms with E-state index in [4.69, 9.17) is 5.11 Å². The number of aliphatic hydroxyl groups excluding tert-OH is 1. The molecule has 1 heterocycles. The van der Waals surface area contributed by atoms with Crippen molar-refractivity contribution in [3.05, 3.63) is 0 Å². The molecule has 0 aromatic rings. The van der Waals surface area contributed by atoms with E-state index in [2.05, 4.69) is 10.0 Å². The van der Waals surface area contributed by atoms with Crippen molar-refractivity contribution in [2.45, 2.75) is 50.6 Å². The summed E-state index contributed by atoms with van der Waals surface area (Å²) in [6, 6.07) is 0.127. The van der Waals surface area contributed by atoms with Crippen LogP contribution in [0.25, 0.3) is 0 Å². The Kier molecular flexibility index (Phi) is 5.00. The fraction of sp³-hybridized carbons (Fsp3) is 1.00. The highest BCUT2D eigenvalue weighted by Crippen LogP contribution is 2.24. The first kappa shape index (κ1) is 14.2. The molecule has 0 aromatic heterocycles. The van der Waals surface area contributed by atoms with E-state index in [1.165, 1.54) is 0 Å². The van der Waals surface area contributed by atoms with Crippen LogP contribution in [0.15, 0.2) is 0 Å². The fourth-order valence-corrected chi connectivity index (χ4v) is 4.66. The Labute approximate surface area is 109 Å². The molecule has 1 saturated carbocycles. The van der Waals surface area contributed by atoms with Crippen molar-refractivity contribution < 1.29 is 13.5 Å². The maximum Gasteiger partial charge on any atom is 0.213 e. The highest BCUT2D eigenvalue weighted by molar-refractivity contribution is 7.89. The van der Waals surface area contributed by atoms with Gasteiger partial charge in [0.2, 0.25) is 10.0 Å². The van der Waals surface area contributed by atoms with E-state index in [0.717, 1.165) is 45.1 Å². The van der Waals surface area contributed by atoms with Crippen molar-refractivity contribution in [1.29, 1.82) is 0 Å². The van der Waals surface area contributed by atoms with Gasteiger partial charge < -0.3 is 10.4 Å². The van der Waals surface area contributed by atoms with E-state index in [1.54, 1.807) is 0 Å². The Balaban J connectivity index is 1.83. The van der Waals surface area contributed by atoms with E-state index in [-0.39, 0.29) is 30.4 Å². The molecule has 3 unspecified atom stereocenters. The zero-order chi connectivity index (χ0) is 13.0. The second-order valence-electron chi connectivity index (χ2n) is 5.60. The average Bonchev–Trinajstić information content (AvgIpc) is 2.80.